The normalized spacial score (nSPS) is 9.44. The van der Waals surface area contributed by atoms with Gasteiger partial charge < -0.3 is 10.1 Å². The van der Waals surface area contributed by atoms with Crippen LogP contribution in [0.2, 0.25) is 0 Å². The van der Waals surface area contributed by atoms with E-state index in [1.807, 2.05) is 24.3 Å². The van der Waals surface area contributed by atoms with E-state index in [4.69, 9.17) is 17.6 Å². The Morgan fingerprint density at radius 1 is 1.22 bits per heavy atom. The molecule has 0 unspecified atom stereocenters. The number of rotatable bonds is 8. The van der Waals surface area contributed by atoms with Crippen LogP contribution in [0.5, 0.6) is 5.75 Å². The molecule has 0 amide bonds. The van der Waals surface area contributed by atoms with Crippen LogP contribution < -0.4 is 10.1 Å². The summed E-state index contributed by atoms with van der Waals surface area (Å²) in [4.78, 5) is 0. The first kappa shape index (κ1) is 14.5. The van der Waals surface area contributed by atoms with Crippen LogP contribution in [0.25, 0.3) is 0 Å². The predicted octanol–water partition coefficient (Wildman–Crippen LogP) is 2.15. The molecule has 18 heavy (non-hydrogen) atoms. The Labute approximate surface area is 114 Å². The van der Waals surface area contributed by atoms with Crippen LogP contribution in [0.4, 0.5) is 0 Å². The van der Waals surface area contributed by atoms with Crippen LogP contribution in [0.15, 0.2) is 24.3 Å². The number of nitrogens with one attached hydrogen (secondary N) is 1. The molecule has 0 aromatic heterocycles. The van der Waals surface area contributed by atoms with Gasteiger partial charge in [0.25, 0.3) is 0 Å². The summed E-state index contributed by atoms with van der Waals surface area (Å²) in [6.07, 6.45) is 10.4. The summed E-state index contributed by atoms with van der Waals surface area (Å²) in [5, 5.41) is 3.36. The molecule has 0 radical (unpaired) electrons. The zero-order valence-electron chi connectivity index (χ0n) is 10.3. The lowest BCUT2D eigenvalue weighted by atomic mass is 10.2. The minimum Gasteiger partial charge on any atom is -0.481 e. The fourth-order valence-corrected chi connectivity index (χ4v) is 1.96. The van der Waals surface area contributed by atoms with E-state index in [-0.39, 0.29) is 0 Å². The maximum absolute atomic E-state index is 5.47. The molecule has 2 nitrogen and oxygen atoms in total. The molecule has 0 aliphatic carbocycles. The highest BCUT2D eigenvalue weighted by molar-refractivity contribution is 7.99. The summed E-state index contributed by atoms with van der Waals surface area (Å²) < 4.78 is 5.47. The molecule has 0 fully saturated rings. The number of terminal acetylenes is 2. The lowest BCUT2D eigenvalue weighted by molar-refractivity contribution is 0.365. The maximum Gasteiger partial charge on any atom is 0.148 e. The third-order valence-corrected chi connectivity index (χ3v) is 3.07. The molecule has 1 aromatic carbocycles. The van der Waals surface area contributed by atoms with Gasteiger partial charge in [-0.15, -0.1) is 24.6 Å². The molecule has 0 bridgehead atoms. The Morgan fingerprint density at radius 2 is 2.06 bits per heavy atom. The zero-order chi connectivity index (χ0) is 13.1. The van der Waals surface area contributed by atoms with Crippen LogP contribution in [-0.2, 0) is 6.54 Å². The highest BCUT2D eigenvalue weighted by Crippen LogP contribution is 2.17. The summed E-state index contributed by atoms with van der Waals surface area (Å²) >= 11 is 1.75. The van der Waals surface area contributed by atoms with Gasteiger partial charge in [0, 0.05) is 24.4 Å². The van der Waals surface area contributed by atoms with Crippen molar-refractivity contribution in [1.29, 1.82) is 0 Å². The molecular weight excluding hydrogens is 242 g/mol. The van der Waals surface area contributed by atoms with E-state index in [0.717, 1.165) is 35.9 Å². The predicted molar refractivity (Wildman–Crippen MR) is 78.6 cm³/mol. The van der Waals surface area contributed by atoms with Crippen LogP contribution in [0, 0.1) is 24.7 Å². The molecule has 0 aliphatic rings. The summed E-state index contributed by atoms with van der Waals surface area (Å²) in [5.41, 5.74) is 1.12. The van der Waals surface area contributed by atoms with Crippen LogP contribution in [0.3, 0.4) is 0 Å². The van der Waals surface area contributed by atoms with E-state index >= 15 is 0 Å². The Hall–Kier alpha value is -1.55. The van der Waals surface area contributed by atoms with Crippen molar-refractivity contribution in [3.63, 3.8) is 0 Å². The smallest absolute Gasteiger partial charge is 0.148 e. The fourth-order valence-electron chi connectivity index (χ4n) is 1.41. The van der Waals surface area contributed by atoms with Gasteiger partial charge in [-0.25, -0.2) is 0 Å². The van der Waals surface area contributed by atoms with E-state index < -0.39 is 0 Å². The molecule has 0 heterocycles. The lowest BCUT2D eigenvalue weighted by Crippen LogP contribution is -2.17. The molecule has 0 saturated heterocycles. The third kappa shape index (κ3) is 5.68. The molecule has 94 valence electrons. The van der Waals surface area contributed by atoms with Gasteiger partial charge in [-0.2, -0.15) is 0 Å². The average molecular weight is 259 g/mol. The average Bonchev–Trinajstić information content (AvgIpc) is 2.41. The van der Waals surface area contributed by atoms with Crippen molar-refractivity contribution in [3.05, 3.63) is 29.8 Å². The van der Waals surface area contributed by atoms with Crippen molar-refractivity contribution in [2.24, 2.45) is 0 Å². The molecule has 1 rings (SSSR count). The highest BCUT2D eigenvalue weighted by Gasteiger charge is 2.01. The summed E-state index contributed by atoms with van der Waals surface area (Å²) in [6.45, 7) is 2.00. The summed E-state index contributed by atoms with van der Waals surface area (Å²) in [5.74, 6) is 7.70. The van der Waals surface area contributed by atoms with Gasteiger partial charge in [-0.3, -0.25) is 0 Å². The standard InChI is InChI=1S/C15H17NOS/c1-3-10-17-15-8-6-5-7-14(15)13-16-9-12-18-11-4-2/h1-2,5-8,16H,9-13H2. The van der Waals surface area contributed by atoms with Gasteiger partial charge in [0.2, 0.25) is 0 Å². The second kappa shape index (κ2) is 9.48. The molecule has 1 N–H and O–H groups in total. The quantitative estimate of drug-likeness (QED) is 0.571. The van der Waals surface area contributed by atoms with Crippen molar-refractivity contribution >= 4 is 11.8 Å². The number of para-hydroxylation sites is 1. The highest BCUT2D eigenvalue weighted by atomic mass is 32.2. The Kier molecular flexibility index (Phi) is 7.64. The molecular formula is C15H17NOS. The van der Waals surface area contributed by atoms with Crippen molar-refractivity contribution in [2.75, 3.05) is 24.7 Å². The van der Waals surface area contributed by atoms with Gasteiger partial charge in [-0.1, -0.05) is 30.0 Å². The SMILES string of the molecule is C#CCOc1ccccc1CNCCSCC#C. The van der Waals surface area contributed by atoms with Gasteiger partial charge in [0.15, 0.2) is 0 Å². The van der Waals surface area contributed by atoms with Crippen molar-refractivity contribution in [2.45, 2.75) is 6.54 Å². The molecule has 1 aromatic rings. The number of hydrogen-bond donors (Lipinski definition) is 1. The Balaban J connectivity index is 2.33. The largest absolute Gasteiger partial charge is 0.481 e. The maximum atomic E-state index is 5.47. The second-order valence-electron chi connectivity index (χ2n) is 3.53. The molecule has 0 atom stereocenters. The minimum atomic E-state index is 0.301. The number of ether oxygens (including phenoxy) is 1. The van der Waals surface area contributed by atoms with E-state index in [2.05, 4.69) is 17.2 Å². The second-order valence-corrected chi connectivity index (χ2v) is 4.64. The fraction of sp³-hybridized carbons (Fsp3) is 0.333. The van der Waals surface area contributed by atoms with Crippen molar-refractivity contribution in [1.82, 2.24) is 5.32 Å². The first-order valence-electron chi connectivity index (χ1n) is 5.74. The van der Waals surface area contributed by atoms with Crippen LogP contribution >= 0.6 is 11.8 Å². The molecule has 0 aliphatic heterocycles. The number of thioether (sulfide) groups is 1. The van der Waals surface area contributed by atoms with E-state index in [9.17, 15) is 0 Å². The van der Waals surface area contributed by atoms with E-state index in [1.54, 1.807) is 11.8 Å². The first-order valence-corrected chi connectivity index (χ1v) is 6.90. The topological polar surface area (TPSA) is 21.3 Å². The minimum absolute atomic E-state index is 0.301. The molecule has 0 spiro atoms. The van der Waals surface area contributed by atoms with Gasteiger partial charge in [0.1, 0.15) is 12.4 Å². The number of hydrogen-bond acceptors (Lipinski definition) is 3. The lowest BCUT2D eigenvalue weighted by Gasteiger charge is -2.10. The molecule has 3 heteroatoms. The van der Waals surface area contributed by atoms with Crippen molar-refractivity contribution < 1.29 is 4.74 Å². The summed E-state index contributed by atoms with van der Waals surface area (Å²) in [6, 6.07) is 7.90. The van der Waals surface area contributed by atoms with E-state index in [1.165, 1.54) is 0 Å². The van der Waals surface area contributed by atoms with E-state index in [0.29, 0.717) is 6.61 Å². The van der Waals surface area contributed by atoms with Crippen molar-refractivity contribution in [3.8, 4) is 30.4 Å². The van der Waals surface area contributed by atoms with Gasteiger partial charge >= 0.3 is 0 Å². The molecule has 0 saturated carbocycles. The van der Waals surface area contributed by atoms with Gasteiger partial charge in [0.05, 0.1) is 5.75 Å². The van der Waals surface area contributed by atoms with Crippen LogP contribution in [-0.4, -0.2) is 24.7 Å². The van der Waals surface area contributed by atoms with Crippen LogP contribution in [0.1, 0.15) is 5.56 Å². The Morgan fingerprint density at radius 3 is 2.83 bits per heavy atom. The monoisotopic (exact) mass is 259 g/mol. The Bertz CT molecular complexity index is 431. The summed E-state index contributed by atoms with van der Waals surface area (Å²) in [7, 11) is 0. The third-order valence-electron chi connectivity index (χ3n) is 2.21. The first-order chi connectivity index (χ1) is 8.88. The van der Waals surface area contributed by atoms with Gasteiger partial charge in [-0.05, 0) is 6.07 Å². The number of benzene rings is 1. The zero-order valence-corrected chi connectivity index (χ0v) is 11.1.